The second kappa shape index (κ2) is 15.6. The van der Waals surface area contributed by atoms with E-state index < -0.39 is 28.5 Å². The van der Waals surface area contributed by atoms with E-state index >= 15 is 0 Å². The Morgan fingerprint density at radius 3 is 2.24 bits per heavy atom. The van der Waals surface area contributed by atoms with E-state index in [9.17, 15) is 18.0 Å². The van der Waals surface area contributed by atoms with Gasteiger partial charge in [-0.1, -0.05) is 71.7 Å². The van der Waals surface area contributed by atoms with Crippen molar-refractivity contribution in [1.82, 2.24) is 10.2 Å². The number of ether oxygens (including phenoxy) is 2. The first kappa shape index (κ1) is 32.9. The number of rotatable bonds is 15. The van der Waals surface area contributed by atoms with Gasteiger partial charge >= 0.3 is 0 Å². The Bertz CT molecular complexity index is 1430. The van der Waals surface area contributed by atoms with Crippen LogP contribution in [0.3, 0.4) is 0 Å². The second-order valence-corrected chi connectivity index (χ2v) is 12.6. The number of carbonyl (C=O) groups is 2. The molecule has 11 heteroatoms. The normalized spacial score (nSPS) is 11.8. The molecule has 0 fully saturated rings. The van der Waals surface area contributed by atoms with Crippen LogP contribution in [0.15, 0.2) is 77.3 Å². The standard InChI is InChI=1S/C31H38BrN3O6S/c1-5-6-18-33-31(37)28(19-23-10-8-7-9-11-23)34(21-24-12-14-25(32)15-13-24)30(36)22-35(42(4,38)39)27-20-26(40-2)16-17-29(27)41-3/h7-17,20,28H,5-6,18-19,21-22H2,1-4H3,(H,33,37)/t28-/m0/s1. The third-order valence-electron chi connectivity index (χ3n) is 6.70. The summed E-state index contributed by atoms with van der Waals surface area (Å²) in [6.45, 7) is 2.05. The van der Waals surface area contributed by atoms with E-state index in [4.69, 9.17) is 9.47 Å². The molecule has 2 amide bonds. The van der Waals surface area contributed by atoms with E-state index in [0.29, 0.717) is 12.3 Å². The minimum Gasteiger partial charge on any atom is -0.497 e. The van der Waals surface area contributed by atoms with Gasteiger partial charge in [0.2, 0.25) is 21.8 Å². The number of nitrogens with one attached hydrogen (secondary N) is 1. The number of carbonyl (C=O) groups excluding carboxylic acids is 2. The maximum absolute atomic E-state index is 14.2. The fraction of sp³-hybridized carbons (Fsp3) is 0.355. The predicted octanol–water partition coefficient (Wildman–Crippen LogP) is 4.79. The zero-order valence-electron chi connectivity index (χ0n) is 24.4. The molecule has 0 aliphatic heterocycles. The lowest BCUT2D eigenvalue weighted by molar-refractivity contribution is -0.140. The van der Waals surface area contributed by atoms with Crippen molar-refractivity contribution in [3.05, 3.63) is 88.4 Å². The van der Waals surface area contributed by atoms with Crippen LogP contribution < -0.4 is 19.1 Å². The van der Waals surface area contributed by atoms with Crippen LogP contribution in [-0.2, 0) is 32.6 Å². The topological polar surface area (TPSA) is 105 Å². The summed E-state index contributed by atoms with van der Waals surface area (Å²) >= 11 is 3.44. The van der Waals surface area contributed by atoms with Gasteiger partial charge in [-0.25, -0.2) is 8.42 Å². The predicted molar refractivity (Wildman–Crippen MR) is 168 cm³/mol. The zero-order chi connectivity index (χ0) is 30.7. The van der Waals surface area contributed by atoms with E-state index in [1.807, 2.05) is 61.5 Å². The number of sulfonamides is 1. The Morgan fingerprint density at radius 1 is 0.952 bits per heavy atom. The quantitative estimate of drug-likeness (QED) is 0.235. The van der Waals surface area contributed by atoms with Gasteiger partial charge < -0.3 is 19.7 Å². The van der Waals surface area contributed by atoms with Crippen LogP contribution in [0.1, 0.15) is 30.9 Å². The van der Waals surface area contributed by atoms with Crippen molar-refractivity contribution >= 4 is 43.5 Å². The van der Waals surface area contributed by atoms with Gasteiger partial charge in [-0.15, -0.1) is 0 Å². The molecular formula is C31H38BrN3O6S. The van der Waals surface area contributed by atoms with Crippen molar-refractivity contribution in [3.8, 4) is 11.5 Å². The molecule has 1 N–H and O–H groups in total. The highest BCUT2D eigenvalue weighted by Crippen LogP contribution is 2.34. The molecule has 0 saturated heterocycles. The summed E-state index contributed by atoms with van der Waals surface area (Å²) in [4.78, 5) is 29.4. The van der Waals surface area contributed by atoms with Crippen LogP contribution in [-0.4, -0.2) is 64.7 Å². The van der Waals surface area contributed by atoms with E-state index in [1.54, 1.807) is 12.1 Å². The van der Waals surface area contributed by atoms with Gasteiger partial charge in [-0.2, -0.15) is 0 Å². The smallest absolute Gasteiger partial charge is 0.244 e. The highest BCUT2D eigenvalue weighted by molar-refractivity contribution is 9.10. The number of halogens is 1. The van der Waals surface area contributed by atoms with Crippen molar-refractivity contribution in [1.29, 1.82) is 0 Å². The lowest BCUT2D eigenvalue weighted by atomic mass is 10.0. The van der Waals surface area contributed by atoms with E-state index in [0.717, 1.165) is 39.0 Å². The van der Waals surface area contributed by atoms with Gasteiger partial charge in [-0.3, -0.25) is 13.9 Å². The van der Waals surface area contributed by atoms with Crippen LogP contribution in [0.2, 0.25) is 0 Å². The number of amides is 2. The SMILES string of the molecule is CCCCNC(=O)[C@H](Cc1ccccc1)N(Cc1ccc(Br)cc1)C(=O)CN(c1cc(OC)ccc1OC)S(C)(=O)=O. The number of hydrogen-bond donors (Lipinski definition) is 1. The number of anilines is 1. The maximum atomic E-state index is 14.2. The summed E-state index contributed by atoms with van der Waals surface area (Å²) in [5.74, 6) is -0.190. The molecule has 0 aliphatic carbocycles. The second-order valence-electron chi connectivity index (χ2n) is 9.81. The van der Waals surface area contributed by atoms with Crippen molar-refractivity contribution < 1.29 is 27.5 Å². The molecule has 0 unspecified atom stereocenters. The number of unbranched alkanes of at least 4 members (excludes halogenated alkanes) is 1. The number of methoxy groups -OCH3 is 2. The molecule has 0 radical (unpaired) electrons. The van der Waals surface area contributed by atoms with Crippen molar-refractivity contribution in [2.75, 3.05) is 37.9 Å². The maximum Gasteiger partial charge on any atom is 0.244 e. The number of benzene rings is 3. The minimum atomic E-state index is -3.96. The summed E-state index contributed by atoms with van der Waals surface area (Å²) in [6.07, 6.45) is 2.97. The first-order chi connectivity index (χ1) is 20.1. The van der Waals surface area contributed by atoms with E-state index in [-0.39, 0.29) is 30.3 Å². The summed E-state index contributed by atoms with van der Waals surface area (Å²) in [5.41, 5.74) is 1.82. The average Bonchev–Trinajstić information content (AvgIpc) is 2.98. The molecule has 3 rings (SSSR count). The van der Waals surface area contributed by atoms with Crippen molar-refractivity contribution in [2.45, 2.75) is 38.8 Å². The van der Waals surface area contributed by atoms with Crippen LogP contribution in [0.4, 0.5) is 5.69 Å². The van der Waals surface area contributed by atoms with E-state index in [1.165, 1.54) is 25.2 Å². The molecule has 3 aromatic rings. The van der Waals surface area contributed by atoms with Gasteiger partial charge in [0, 0.05) is 30.0 Å². The van der Waals surface area contributed by atoms with Gasteiger partial charge in [0.05, 0.1) is 26.2 Å². The largest absolute Gasteiger partial charge is 0.497 e. The Labute approximate surface area is 257 Å². The molecule has 0 aromatic heterocycles. The summed E-state index contributed by atoms with van der Waals surface area (Å²) in [7, 11) is -1.08. The fourth-order valence-electron chi connectivity index (χ4n) is 4.43. The number of hydrogen-bond acceptors (Lipinski definition) is 6. The molecule has 0 aliphatic rings. The molecule has 0 bridgehead atoms. The molecule has 3 aromatic carbocycles. The molecule has 0 saturated carbocycles. The first-order valence-corrected chi connectivity index (χ1v) is 16.3. The van der Waals surface area contributed by atoms with Gasteiger partial charge in [0.1, 0.15) is 24.1 Å². The van der Waals surface area contributed by atoms with Crippen molar-refractivity contribution in [2.24, 2.45) is 0 Å². The van der Waals surface area contributed by atoms with Gasteiger partial charge in [0.15, 0.2) is 0 Å². The zero-order valence-corrected chi connectivity index (χ0v) is 26.8. The third kappa shape index (κ3) is 9.22. The monoisotopic (exact) mass is 659 g/mol. The lowest BCUT2D eigenvalue weighted by Crippen LogP contribution is -2.53. The van der Waals surface area contributed by atoms with Gasteiger partial charge in [0.25, 0.3) is 0 Å². The summed E-state index contributed by atoms with van der Waals surface area (Å²) in [6, 6.07) is 20.7. The highest BCUT2D eigenvalue weighted by Gasteiger charge is 2.33. The Kier molecular flexibility index (Phi) is 12.2. The Morgan fingerprint density at radius 2 is 1.64 bits per heavy atom. The highest BCUT2D eigenvalue weighted by atomic mass is 79.9. The molecule has 1 atom stereocenters. The van der Waals surface area contributed by atoms with Crippen LogP contribution in [0, 0.1) is 0 Å². The van der Waals surface area contributed by atoms with Crippen LogP contribution in [0.25, 0.3) is 0 Å². The summed E-state index contributed by atoms with van der Waals surface area (Å²) < 4.78 is 38.8. The van der Waals surface area contributed by atoms with Crippen LogP contribution >= 0.6 is 15.9 Å². The molecule has 226 valence electrons. The van der Waals surface area contributed by atoms with Crippen LogP contribution in [0.5, 0.6) is 11.5 Å². The summed E-state index contributed by atoms with van der Waals surface area (Å²) in [5, 5.41) is 2.97. The van der Waals surface area contributed by atoms with E-state index in [2.05, 4.69) is 21.2 Å². The molecule has 42 heavy (non-hydrogen) atoms. The molecule has 9 nitrogen and oxygen atoms in total. The lowest BCUT2D eigenvalue weighted by Gasteiger charge is -2.33. The number of nitrogens with zero attached hydrogens (tertiary/aromatic N) is 2. The van der Waals surface area contributed by atoms with Crippen molar-refractivity contribution in [3.63, 3.8) is 0 Å². The Hall–Kier alpha value is -3.57. The fourth-order valence-corrected chi connectivity index (χ4v) is 5.54. The first-order valence-electron chi connectivity index (χ1n) is 13.6. The molecule has 0 heterocycles. The molecular weight excluding hydrogens is 622 g/mol. The Balaban J connectivity index is 2.08. The minimum absolute atomic E-state index is 0.0949. The molecule has 0 spiro atoms. The van der Waals surface area contributed by atoms with Gasteiger partial charge in [-0.05, 0) is 41.8 Å². The third-order valence-corrected chi connectivity index (χ3v) is 8.36. The average molecular weight is 661 g/mol.